The molecule has 0 aromatic rings. The summed E-state index contributed by atoms with van der Waals surface area (Å²) in [6, 6.07) is 0. The van der Waals surface area contributed by atoms with Crippen molar-refractivity contribution in [1.29, 1.82) is 0 Å². The van der Waals surface area contributed by atoms with Gasteiger partial charge in [-0.25, -0.2) is 0 Å². The summed E-state index contributed by atoms with van der Waals surface area (Å²) in [5, 5.41) is 10.00. The van der Waals surface area contributed by atoms with Gasteiger partial charge in [0.15, 0.2) is 0 Å². The molecule has 1 saturated carbocycles. The molecule has 0 aromatic carbocycles. The van der Waals surface area contributed by atoms with Gasteiger partial charge in [-0.15, -0.1) is 0 Å². The number of hydrogen-bond donors (Lipinski definition) is 1. The van der Waals surface area contributed by atoms with Crippen LogP contribution in [0.15, 0.2) is 0 Å². The van der Waals surface area contributed by atoms with E-state index >= 15 is 0 Å². The summed E-state index contributed by atoms with van der Waals surface area (Å²) in [5.74, 6) is 0. The van der Waals surface area contributed by atoms with E-state index in [1.165, 1.54) is 51.4 Å². The van der Waals surface area contributed by atoms with Crippen molar-refractivity contribution in [1.82, 2.24) is 0 Å². The number of hydrogen-bond acceptors (Lipinski definition) is 1. The number of aliphatic hydroxyl groups excluding tert-OH is 1. The van der Waals surface area contributed by atoms with Gasteiger partial charge in [-0.05, 0) is 31.1 Å². The van der Waals surface area contributed by atoms with Crippen molar-refractivity contribution in [3.63, 3.8) is 0 Å². The molecule has 1 N–H and O–H groups in total. The first-order chi connectivity index (χ1) is 6.75. The summed E-state index contributed by atoms with van der Waals surface area (Å²) in [7, 11) is 0. The largest absolute Gasteiger partial charge is 0.393 e. The molecule has 84 valence electrons. The fourth-order valence-corrected chi connectivity index (χ4v) is 2.90. The van der Waals surface area contributed by atoms with E-state index in [9.17, 15) is 5.11 Å². The van der Waals surface area contributed by atoms with Crippen LogP contribution in [-0.4, -0.2) is 11.2 Å². The minimum absolute atomic E-state index is 0.00544. The molecule has 0 spiro atoms. The fraction of sp³-hybridized carbons (Fsp3) is 1.00. The zero-order valence-corrected chi connectivity index (χ0v) is 9.89. The van der Waals surface area contributed by atoms with Crippen molar-refractivity contribution >= 4 is 0 Å². The highest BCUT2D eigenvalue weighted by molar-refractivity contribution is 4.90. The van der Waals surface area contributed by atoms with E-state index in [2.05, 4.69) is 13.8 Å². The Morgan fingerprint density at radius 1 is 1.21 bits per heavy atom. The standard InChI is InChI=1S/C13H26O/c1-3-5-6-7-10-13(4-2)11-8-9-12(13)14/h12,14H,3-11H2,1-2H3. The normalized spacial score (nSPS) is 32.4. The van der Waals surface area contributed by atoms with Gasteiger partial charge in [0.2, 0.25) is 0 Å². The third-order valence-corrected chi connectivity index (χ3v) is 4.09. The number of unbranched alkanes of at least 4 members (excludes halogenated alkanes) is 3. The maximum atomic E-state index is 10.00. The maximum Gasteiger partial charge on any atom is 0.0596 e. The van der Waals surface area contributed by atoms with E-state index in [1.807, 2.05) is 0 Å². The predicted octanol–water partition coefficient (Wildman–Crippen LogP) is 3.90. The zero-order valence-electron chi connectivity index (χ0n) is 9.89. The van der Waals surface area contributed by atoms with E-state index < -0.39 is 0 Å². The Morgan fingerprint density at radius 3 is 2.50 bits per heavy atom. The zero-order chi connectivity index (χ0) is 10.4. The second kappa shape index (κ2) is 5.75. The summed E-state index contributed by atoms with van der Waals surface area (Å²) in [4.78, 5) is 0. The molecule has 1 rings (SSSR count). The van der Waals surface area contributed by atoms with Gasteiger partial charge in [0, 0.05) is 0 Å². The topological polar surface area (TPSA) is 20.2 Å². The summed E-state index contributed by atoms with van der Waals surface area (Å²) in [5.41, 5.74) is 0.299. The van der Waals surface area contributed by atoms with Gasteiger partial charge in [0.1, 0.15) is 0 Å². The van der Waals surface area contributed by atoms with Crippen molar-refractivity contribution in [3.8, 4) is 0 Å². The van der Waals surface area contributed by atoms with Gasteiger partial charge >= 0.3 is 0 Å². The summed E-state index contributed by atoms with van der Waals surface area (Å²) in [6.07, 6.45) is 11.3. The maximum absolute atomic E-state index is 10.00. The Labute approximate surface area is 88.9 Å². The van der Waals surface area contributed by atoms with Crippen molar-refractivity contribution in [2.75, 3.05) is 0 Å². The van der Waals surface area contributed by atoms with Crippen LogP contribution in [0.4, 0.5) is 0 Å². The average molecular weight is 198 g/mol. The van der Waals surface area contributed by atoms with Crippen LogP contribution in [0.25, 0.3) is 0 Å². The first kappa shape index (κ1) is 12.0. The Hall–Kier alpha value is -0.0400. The van der Waals surface area contributed by atoms with Gasteiger partial charge in [-0.1, -0.05) is 46.0 Å². The van der Waals surface area contributed by atoms with Crippen molar-refractivity contribution in [3.05, 3.63) is 0 Å². The Morgan fingerprint density at radius 2 is 2.00 bits per heavy atom. The summed E-state index contributed by atoms with van der Waals surface area (Å²) in [6.45, 7) is 4.49. The lowest BCUT2D eigenvalue weighted by atomic mass is 9.77. The first-order valence-corrected chi connectivity index (χ1v) is 6.43. The van der Waals surface area contributed by atoms with Crippen LogP contribution in [0, 0.1) is 5.41 Å². The highest BCUT2D eigenvalue weighted by atomic mass is 16.3. The van der Waals surface area contributed by atoms with Gasteiger partial charge in [0.25, 0.3) is 0 Å². The first-order valence-electron chi connectivity index (χ1n) is 6.43. The molecule has 2 atom stereocenters. The van der Waals surface area contributed by atoms with Crippen LogP contribution >= 0.6 is 0 Å². The lowest BCUT2D eigenvalue weighted by Gasteiger charge is -2.31. The minimum Gasteiger partial charge on any atom is -0.393 e. The quantitative estimate of drug-likeness (QED) is 0.642. The van der Waals surface area contributed by atoms with Crippen molar-refractivity contribution < 1.29 is 5.11 Å². The van der Waals surface area contributed by atoms with Gasteiger partial charge < -0.3 is 5.11 Å². The molecule has 0 aromatic heterocycles. The van der Waals surface area contributed by atoms with Gasteiger partial charge in [-0.3, -0.25) is 0 Å². The SMILES string of the molecule is CCCCCCC1(CC)CCCC1O. The van der Waals surface area contributed by atoms with Gasteiger partial charge in [-0.2, -0.15) is 0 Å². The fourth-order valence-electron chi connectivity index (χ4n) is 2.90. The molecule has 0 aliphatic heterocycles. The number of aliphatic hydroxyl groups is 1. The molecule has 0 saturated heterocycles. The van der Waals surface area contributed by atoms with Crippen molar-refractivity contribution in [2.24, 2.45) is 5.41 Å². The van der Waals surface area contributed by atoms with E-state index in [1.54, 1.807) is 0 Å². The van der Waals surface area contributed by atoms with E-state index in [4.69, 9.17) is 0 Å². The van der Waals surface area contributed by atoms with E-state index in [0.717, 1.165) is 6.42 Å². The Bertz CT molecular complexity index is 155. The second-order valence-electron chi connectivity index (χ2n) is 4.93. The predicted molar refractivity (Wildman–Crippen MR) is 61.3 cm³/mol. The lowest BCUT2D eigenvalue weighted by molar-refractivity contribution is 0.0404. The molecule has 1 fully saturated rings. The molecular weight excluding hydrogens is 172 g/mol. The molecule has 0 radical (unpaired) electrons. The number of rotatable bonds is 6. The van der Waals surface area contributed by atoms with Crippen LogP contribution in [0.5, 0.6) is 0 Å². The molecule has 1 heteroatoms. The third-order valence-electron chi connectivity index (χ3n) is 4.09. The lowest BCUT2D eigenvalue weighted by Crippen LogP contribution is -2.29. The highest BCUT2D eigenvalue weighted by Gasteiger charge is 2.39. The van der Waals surface area contributed by atoms with Crippen molar-refractivity contribution in [2.45, 2.75) is 77.7 Å². The van der Waals surface area contributed by atoms with Crippen LogP contribution in [0.2, 0.25) is 0 Å². The molecule has 2 unspecified atom stereocenters. The Balaban J connectivity index is 2.30. The van der Waals surface area contributed by atoms with Crippen LogP contribution in [-0.2, 0) is 0 Å². The van der Waals surface area contributed by atoms with Crippen LogP contribution in [0.1, 0.15) is 71.6 Å². The van der Waals surface area contributed by atoms with Crippen LogP contribution in [0.3, 0.4) is 0 Å². The minimum atomic E-state index is -0.00544. The molecule has 1 aliphatic carbocycles. The van der Waals surface area contributed by atoms with Gasteiger partial charge in [0.05, 0.1) is 6.10 Å². The summed E-state index contributed by atoms with van der Waals surface area (Å²) >= 11 is 0. The smallest absolute Gasteiger partial charge is 0.0596 e. The monoisotopic (exact) mass is 198 g/mol. The average Bonchev–Trinajstić information content (AvgIpc) is 2.56. The molecule has 1 nitrogen and oxygen atoms in total. The third kappa shape index (κ3) is 2.73. The second-order valence-corrected chi connectivity index (χ2v) is 4.93. The summed E-state index contributed by atoms with van der Waals surface area (Å²) < 4.78 is 0. The molecular formula is C13H26O. The molecule has 0 bridgehead atoms. The Kier molecular flexibility index (Phi) is 4.94. The molecule has 1 aliphatic rings. The highest BCUT2D eigenvalue weighted by Crippen LogP contribution is 2.45. The van der Waals surface area contributed by atoms with E-state index in [-0.39, 0.29) is 6.10 Å². The molecule has 14 heavy (non-hydrogen) atoms. The molecule has 0 heterocycles. The molecule has 0 amide bonds. The van der Waals surface area contributed by atoms with Crippen LogP contribution < -0.4 is 0 Å². The van der Waals surface area contributed by atoms with E-state index in [0.29, 0.717) is 5.41 Å².